The van der Waals surface area contributed by atoms with Crippen LogP contribution in [0.25, 0.3) is 11.3 Å². The molecule has 3 aromatic rings. The molecule has 2 aromatic carbocycles. The quantitative estimate of drug-likeness (QED) is 0.465. The van der Waals surface area contributed by atoms with Crippen molar-refractivity contribution >= 4 is 34.7 Å². The molecule has 0 aliphatic carbocycles. The summed E-state index contributed by atoms with van der Waals surface area (Å²) in [5.74, 6) is 0.946. The molecule has 1 saturated heterocycles. The lowest BCUT2D eigenvalue weighted by Gasteiger charge is -2.32. The van der Waals surface area contributed by atoms with Gasteiger partial charge >= 0.3 is 0 Å². The Morgan fingerprint density at radius 3 is 2.32 bits per heavy atom. The Kier molecular flexibility index (Phi) is 7.68. The van der Waals surface area contributed by atoms with Crippen LogP contribution in [0.3, 0.4) is 0 Å². The van der Waals surface area contributed by atoms with Crippen molar-refractivity contribution in [2.45, 2.75) is 33.6 Å². The highest BCUT2D eigenvalue weighted by Crippen LogP contribution is 2.27. The number of nitrogens with zero attached hydrogens (tertiary/aromatic N) is 4. The first kappa shape index (κ1) is 24.0. The number of nitrogens with one attached hydrogen (secondary N) is 1. The van der Waals surface area contributed by atoms with Gasteiger partial charge in [0.25, 0.3) is 0 Å². The molecule has 0 saturated carbocycles. The summed E-state index contributed by atoms with van der Waals surface area (Å²) >= 11 is 5.97. The predicted octanol–water partition coefficient (Wildman–Crippen LogP) is 5.81. The summed E-state index contributed by atoms with van der Waals surface area (Å²) in [7, 11) is 0. The molecule has 0 unspecified atom stereocenters. The van der Waals surface area contributed by atoms with Gasteiger partial charge in [-0.3, -0.25) is 4.79 Å². The normalized spacial score (nSPS) is 14.2. The van der Waals surface area contributed by atoms with Crippen molar-refractivity contribution < 1.29 is 4.79 Å². The molecule has 0 bridgehead atoms. The van der Waals surface area contributed by atoms with Gasteiger partial charge in [0.2, 0.25) is 5.91 Å². The average molecular weight is 478 g/mol. The Morgan fingerprint density at radius 1 is 1.03 bits per heavy atom. The standard InChI is InChI=1S/C27H32ClN5O/c1-4-32(5-2)23-10-11-24(19(3)18-23)29-27(34)21-14-16-33(17-15-21)26-13-12-25(30-31-26)20-6-8-22(28)9-7-20/h6-13,18,21H,4-5,14-17H2,1-3H3,(H,29,34). The molecule has 7 heteroatoms. The largest absolute Gasteiger partial charge is 0.372 e. The number of carbonyl (C=O) groups excluding carboxylic acids is 1. The van der Waals surface area contributed by atoms with Gasteiger partial charge in [-0.05, 0) is 81.6 Å². The third-order valence-electron chi connectivity index (χ3n) is 6.58. The van der Waals surface area contributed by atoms with Gasteiger partial charge in [-0.15, -0.1) is 10.2 Å². The molecule has 0 radical (unpaired) electrons. The first-order valence-corrected chi connectivity index (χ1v) is 12.4. The molecule has 2 heterocycles. The molecular formula is C27H32ClN5O. The number of aryl methyl sites for hydroxylation is 1. The summed E-state index contributed by atoms with van der Waals surface area (Å²) in [4.78, 5) is 17.4. The van der Waals surface area contributed by atoms with Crippen LogP contribution in [0, 0.1) is 12.8 Å². The van der Waals surface area contributed by atoms with E-state index in [0.717, 1.165) is 67.3 Å². The van der Waals surface area contributed by atoms with E-state index in [4.69, 9.17) is 11.6 Å². The smallest absolute Gasteiger partial charge is 0.227 e. The average Bonchev–Trinajstić information content (AvgIpc) is 2.87. The van der Waals surface area contributed by atoms with Crippen molar-refractivity contribution in [3.8, 4) is 11.3 Å². The first-order valence-electron chi connectivity index (χ1n) is 12.0. The van der Waals surface area contributed by atoms with Gasteiger partial charge in [0, 0.05) is 54.1 Å². The highest BCUT2D eigenvalue weighted by atomic mass is 35.5. The van der Waals surface area contributed by atoms with Gasteiger partial charge in [-0.1, -0.05) is 23.7 Å². The maximum atomic E-state index is 12.9. The van der Waals surface area contributed by atoms with E-state index in [9.17, 15) is 4.79 Å². The van der Waals surface area contributed by atoms with E-state index >= 15 is 0 Å². The zero-order valence-electron chi connectivity index (χ0n) is 20.1. The summed E-state index contributed by atoms with van der Waals surface area (Å²) in [5, 5.41) is 12.7. The molecule has 34 heavy (non-hydrogen) atoms. The van der Waals surface area contributed by atoms with E-state index in [1.807, 2.05) is 42.5 Å². The zero-order chi connectivity index (χ0) is 24.1. The molecule has 0 atom stereocenters. The van der Waals surface area contributed by atoms with Crippen molar-refractivity contribution in [1.82, 2.24) is 10.2 Å². The van der Waals surface area contributed by atoms with E-state index in [-0.39, 0.29) is 11.8 Å². The molecule has 1 aliphatic heterocycles. The molecule has 4 rings (SSSR count). The zero-order valence-corrected chi connectivity index (χ0v) is 20.8. The molecule has 178 valence electrons. The van der Waals surface area contributed by atoms with Crippen LogP contribution in [0.4, 0.5) is 17.2 Å². The van der Waals surface area contributed by atoms with Gasteiger partial charge in [0.15, 0.2) is 5.82 Å². The number of aromatic nitrogens is 2. The Morgan fingerprint density at radius 2 is 1.74 bits per heavy atom. The van der Waals surface area contributed by atoms with Crippen LogP contribution in [-0.4, -0.2) is 42.3 Å². The van der Waals surface area contributed by atoms with Gasteiger partial charge in [-0.25, -0.2) is 0 Å². The number of hydrogen-bond donors (Lipinski definition) is 1. The Balaban J connectivity index is 1.33. The van der Waals surface area contributed by atoms with Crippen LogP contribution in [0.15, 0.2) is 54.6 Å². The Hall–Kier alpha value is -3.12. The number of carbonyl (C=O) groups is 1. The summed E-state index contributed by atoms with van der Waals surface area (Å²) in [6.07, 6.45) is 1.59. The minimum absolute atomic E-state index is 0.000548. The lowest BCUT2D eigenvalue weighted by molar-refractivity contribution is -0.120. The molecule has 1 N–H and O–H groups in total. The fourth-order valence-corrected chi connectivity index (χ4v) is 4.57. The van der Waals surface area contributed by atoms with Crippen LogP contribution < -0.4 is 15.1 Å². The maximum absolute atomic E-state index is 12.9. The predicted molar refractivity (Wildman–Crippen MR) is 141 cm³/mol. The summed E-state index contributed by atoms with van der Waals surface area (Å²) in [5.41, 5.74) is 4.98. The second-order valence-electron chi connectivity index (χ2n) is 8.71. The van der Waals surface area contributed by atoms with E-state index < -0.39 is 0 Å². The van der Waals surface area contributed by atoms with E-state index in [1.165, 1.54) is 5.69 Å². The van der Waals surface area contributed by atoms with E-state index in [1.54, 1.807) is 0 Å². The Bertz CT molecular complexity index is 1100. The van der Waals surface area contributed by atoms with Crippen LogP contribution >= 0.6 is 11.6 Å². The fraction of sp³-hybridized carbons (Fsp3) is 0.370. The number of rotatable bonds is 7. The number of halogens is 1. The molecule has 1 amide bonds. The first-order chi connectivity index (χ1) is 16.5. The van der Waals surface area contributed by atoms with Crippen molar-refractivity contribution in [2.24, 2.45) is 5.92 Å². The van der Waals surface area contributed by atoms with Gasteiger partial charge < -0.3 is 15.1 Å². The second kappa shape index (κ2) is 10.9. The minimum atomic E-state index is -0.000548. The highest BCUT2D eigenvalue weighted by molar-refractivity contribution is 6.30. The van der Waals surface area contributed by atoms with Crippen molar-refractivity contribution in [2.75, 3.05) is 41.3 Å². The summed E-state index contributed by atoms with van der Waals surface area (Å²) in [6, 6.07) is 17.8. The van der Waals surface area contributed by atoms with Crippen LogP contribution in [0.1, 0.15) is 32.3 Å². The van der Waals surface area contributed by atoms with Crippen LogP contribution in [-0.2, 0) is 4.79 Å². The minimum Gasteiger partial charge on any atom is -0.372 e. The molecule has 0 spiro atoms. The third kappa shape index (κ3) is 5.50. The number of amides is 1. The maximum Gasteiger partial charge on any atom is 0.227 e. The monoisotopic (exact) mass is 477 g/mol. The van der Waals surface area contributed by atoms with E-state index in [2.05, 4.69) is 58.2 Å². The molecule has 1 aliphatic rings. The SMILES string of the molecule is CCN(CC)c1ccc(NC(=O)C2CCN(c3ccc(-c4ccc(Cl)cc4)nn3)CC2)c(C)c1. The fourth-order valence-electron chi connectivity index (χ4n) is 4.45. The van der Waals surface area contributed by atoms with Crippen molar-refractivity contribution in [1.29, 1.82) is 0 Å². The van der Waals surface area contributed by atoms with Crippen LogP contribution in [0.2, 0.25) is 5.02 Å². The number of benzene rings is 2. The lowest BCUT2D eigenvalue weighted by Crippen LogP contribution is -2.38. The number of anilines is 3. The Labute approximate surface area is 206 Å². The molecule has 1 fully saturated rings. The van der Waals surface area contributed by atoms with E-state index in [0.29, 0.717) is 5.02 Å². The van der Waals surface area contributed by atoms with Crippen LogP contribution in [0.5, 0.6) is 0 Å². The topological polar surface area (TPSA) is 61.4 Å². The third-order valence-corrected chi connectivity index (χ3v) is 6.83. The van der Waals surface area contributed by atoms with Crippen molar-refractivity contribution in [3.05, 3.63) is 65.2 Å². The van der Waals surface area contributed by atoms with Gasteiger partial charge in [0.05, 0.1) is 5.69 Å². The highest BCUT2D eigenvalue weighted by Gasteiger charge is 2.26. The molecular weight excluding hydrogens is 446 g/mol. The number of piperidine rings is 1. The second-order valence-corrected chi connectivity index (χ2v) is 9.14. The molecule has 1 aromatic heterocycles. The van der Waals surface area contributed by atoms with Gasteiger partial charge in [-0.2, -0.15) is 0 Å². The van der Waals surface area contributed by atoms with Crippen molar-refractivity contribution in [3.63, 3.8) is 0 Å². The lowest BCUT2D eigenvalue weighted by atomic mass is 9.95. The molecule has 6 nitrogen and oxygen atoms in total. The number of hydrogen-bond acceptors (Lipinski definition) is 5. The van der Waals surface area contributed by atoms with Gasteiger partial charge in [0.1, 0.15) is 0 Å². The summed E-state index contributed by atoms with van der Waals surface area (Å²) in [6.45, 7) is 9.86. The summed E-state index contributed by atoms with van der Waals surface area (Å²) < 4.78 is 0.